The van der Waals surface area contributed by atoms with Crippen molar-refractivity contribution in [2.75, 3.05) is 7.11 Å². The van der Waals surface area contributed by atoms with Crippen LogP contribution < -0.4 is 4.74 Å². The third-order valence-corrected chi connectivity index (χ3v) is 6.45. The van der Waals surface area contributed by atoms with Gasteiger partial charge in [-0.05, 0) is 43.7 Å². The molecule has 2 aromatic carbocycles. The van der Waals surface area contributed by atoms with Crippen LogP contribution in [0.3, 0.4) is 0 Å². The topological polar surface area (TPSA) is 35.5 Å². The smallest absolute Gasteiger partial charge is 0.142 e. The first kappa shape index (κ1) is 17.6. The van der Waals surface area contributed by atoms with Gasteiger partial charge in [0.15, 0.2) is 0 Å². The molecule has 0 radical (unpaired) electrons. The molecule has 0 aliphatic heterocycles. The molecule has 0 spiro atoms. The maximum absolute atomic E-state index is 6.29. The number of hydrogen-bond acceptors (Lipinski definition) is 3. The minimum Gasteiger partial charge on any atom is -0.496 e. The molecule has 0 saturated carbocycles. The normalized spacial score (nSPS) is 18.6. The number of aryl methyl sites for hydroxylation is 2. The lowest BCUT2D eigenvalue weighted by Crippen LogP contribution is -2.24. The predicted octanol–water partition coefficient (Wildman–Crippen LogP) is 7.02. The van der Waals surface area contributed by atoms with Gasteiger partial charge in [-0.25, -0.2) is 0 Å². The van der Waals surface area contributed by atoms with Gasteiger partial charge in [0.1, 0.15) is 28.6 Å². The summed E-state index contributed by atoms with van der Waals surface area (Å²) in [5.74, 6) is 3.71. The van der Waals surface area contributed by atoms with Gasteiger partial charge >= 0.3 is 0 Å². The second-order valence-corrected chi connectivity index (χ2v) is 8.59. The molecule has 1 aliphatic carbocycles. The van der Waals surface area contributed by atoms with Gasteiger partial charge in [-0.1, -0.05) is 41.1 Å². The second-order valence-electron chi connectivity index (χ2n) is 7.67. The maximum atomic E-state index is 6.29. The van der Waals surface area contributed by atoms with Crippen molar-refractivity contribution in [3.63, 3.8) is 0 Å². The highest BCUT2D eigenvalue weighted by molar-refractivity contribution is 9.10. The van der Waals surface area contributed by atoms with Gasteiger partial charge in [0.2, 0.25) is 0 Å². The Labute approximate surface area is 172 Å². The number of ether oxygens (including phenoxy) is 1. The molecule has 0 bridgehead atoms. The molecule has 2 aromatic heterocycles. The molecule has 1 atom stereocenters. The molecule has 5 rings (SSSR count). The monoisotopic (exact) mass is 436 g/mol. The fourth-order valence-electron chi connectivity index (χ4n) is 4.53. The largest absolute Gasteiger partial charge is 0.496 e. The predicted molar refractivity (Wildman–Crippen MR) is 114 cm³/mol. The number of halogens is 1. The van der Waals surface area contributed by atoms with Crippen molar-refractivity contribution in [3.8, 4) is 17.1 Å². The van der Waals surface area contributed by atoms with Crippen molar-refractivity contribution in [2.45, 2.75) is 32.1 Å². The first-order valence-corrected chi connectivity index (χ1v) is 10.3. The van der Waals surface area contributed by atoms with Crippen LogP contribution in [0.25, 0.3) is 22.3 Å². The van der Waals surface area contributed by atoms with Crippen molar-refractivity contribution >= 4 is 26.9 Å². The maximum Gasteiger partial charge on any atom is 0.142 e. The summed E-state index contributed by atoms with van der Waals surface area (Å²) in [6, 6.07) is 16.6. The molecule has 4 aromatic rings. The number of rotatable bonds is 2. The summed E-state index contributed by atoms with van der Waals surface area (Å²) in [4.78, 5) is 0. The van der Waals surface area contributed by atoms with Crippen molar-refractivity contribution < 1.29 is 13.6 Å². The fourth-order valence-corrected chi connectivity index (χ4v) is 4.89. The minimum atomic E-state index is -0.237. The molecule has 0 unspecified atom stereocenters. The summed E-state index contributed by atoms with van der Waals surface area (Å²) in [6.07, 6.45) is 1.74. The molecule has 142 valence electrons. The molecular weight excluding hydrogens is 416 g/mol. The van der Waals surface area contributed by atoms with Crippen LogP contribution in [-0.2, 0) is 11.8 Å². The van der Waals surface area contributed by atoms with E-state index >= 15 is 0 Å². The summed E-state index contributed by atoms with van der Waals surface area (Å²) in [6.45, 7) is 4.29. The highest BCUT2D eigenvalue weighted by Gasteiger charge is 2.40. The molecular formula is C24H21BrO3. The molecule has 4 heteroatoms. The number of furan rings is 2. The standard InChI is InChI=1S/C24H21BrO3/c1-14-12-18-23(27-14)22-16-13-15(25)8-9-19(16)28-21(22)10-11-24(18,2)17-6-4-5-7-20(17)26-3/h4-9,12-13H,10-11H2,1-3H3/t24-/m0/s1. The third-order valence-electron chi connectivity index (χ3n) is 5.95. The highest BCUT2D eigenvalue weighted by Crippen LogP contribution is 2.51. The molecule has 0 fully saturated rings. The van der Waals surface area contributed by atoms with Gasteiger partial charge < -0.3 is 13.6 Å². The van der Waals surface area contributed by atoms with E-state index in [1.54, 1.807) is 7.11 Å². The van der Waals surface area contributed by atoms with Crippen LogP contribution in [0.5, 0.6) is 5.75 Å². The molecule has 1 aliphatic rings. The first-order chi connectivity index (χ1) is 13.5. The van der Waals surface area contributed by atoms with Crippen molar-refractivity contribution in [1.29, 1.82) is 0 Å². The fraction of sp³-hybridized carbons (Fsp3) is 0.250. The van der Waals surface area contributed by atoms with Gasteiger partial charge in [0.25, 0.3) is 0 Å². The molecule has 2 heterocycles. The minimum absolute atomic E-state index is 0.237. The Morgan fingerprint density at radius 3 is 2.68 bits per heavy atom. The van der Waals surface area contributed by atoms with Crippen LogP contribution in [0.4, 0.5) is 0 Å². The van der Waals surface area contributed by atoms with E-state index in [9.17, 15) is 0 Å². The Bertz CT molecular complexity index is 1200. The van der Waals surface area contributed by atoms with Crippen LogP contribution >= 0.6 is 15.9 Å². The van der Waals surface area contributed by atoms with Crippen LogP contribution in [0.1, 0.15) is 36.0 Å². The summed E-state index contributed by atoms with van der Waals surface area (Å²) in [5.41, 5.74) is 4.11. The Balaban J connectivity index is 1.82. The van der Waals surface area contributed by atoms with Gasteiger partial charge in [0.05, 0.1) is 12.7 Å². The van der Waals surface area contributed by atoms with Crippen LogP contribution in [-0.4, -0.2) is 7.11 Å². The highest BCUT2D eigenvalue weighted by atomic mass is 79.9. The lowest BCUT2D eigenvalue weighted by atomic mass is 9.73. The van der Waals surface area contributed by atoms with Crippen LogP contribution in [0.15, 0.2) is 61.8 Å². The number of benzene rings is 2. The average Bonchev–Trinajstić information content (AvgIpc) is 3.23. The molecule has 0 amide bonds. The van der Waals surface area contributed by atoms with E-state index in [1.165, 1.54) is 11.1 Å². The van der Waals surface area contributed by atoms with Crippen molar-refractivity contribution in [2.24, 2.45) is 0 Å². The Kier molecular flexibility index (Phi) is 3.95. The molecule has 0 saturated heterocycles. The molecule has 28 heavy (non-hydrogen) atoms. The van der Waals surface area contributed by atoms with E-state index in [4.69, 9.17) is 13.6 Å². The zero-order valence-electron chi connectivity index (χ0n) is 16.1. The Hall–Kier alpha value is -2.46. The average molecular weight is 437 g/mol. The van der Waals surface area contributed by atoms with Gasteiger partial charge in [-0.3, -0.25) is 0 Å². The summed E-state index contributed by atoms with van der Waals surface area (Å²) >= 11 is 3.60. The lowest BCUT2D eigenvalue weighted by Gasteiger charge is -2.30. The van der Waals surface area contributed by atoms with Crippen molar-refractivity contribution in [3.05, 3.63) is 75.7 Å². The van der Waals surface area contributed by atoms with E-state index in [0.29, 0.717) is 0 Å². The number of hydrogen-bond donors (Lipinski definition) is 0. The Morgan fingerprint density at radius 1 is 1.04 bits per heavy atom. The zero-order chi connectivity index (χ0) is 19.5. The van der Waals surface area contributed by atoms with E-state index in [0.717, 1.165) is 56.9 Å². The number of para-hydroxylation sites is 1. The van der Waals surface area contributed by atoms with E-state index in [2.05, 4.69) is 47.1 Å². The summed E-state index contributed by atoms with van der Waals surface area (Å²) in [5, 5.41) is 1.09. The summed E-state index contributed by atoms with van der Waals surface area (Å²) in [7, 11) is 1.73. The number of methoxy groups -OCH3 is 1. The van der Waals surface area contributed by atoms with Gasteiger partial charge in [0, 0.05) is 32.8 Å². The first-order valence-electron chi connectivity index (χ1n) is 9.47. The third kappa shape index (κ3) is 2.47. The van der Waals surface area contributed by atoms with E-state index in [1.807, 2.05) is 31.2 Å². The Morgan fingerprint density at radius 2 is 1.86 bits per heavy atom. The molecule has 3 nitrogen and oxygen atoms in total. The van der Waals surface area contributed by atoms with Crippen LogP contribution in [0, 0.1) is 6.92 Å². The van der Waals surface area contributed by atoms with Gasteiger partial charge in [-0.15, -0.1) is 0 Å². The van der Waals surface area contributed by atoms with Crippen LogP contribution in [0.2, 0.25) is 0 Å². The zero-order valence-corrected chi connectivity index (χ0v) is 17.7. The second kappa shape index (κ2) is 6.28. The van der Waals surface area contributed by atoms with Crippen molar-refractivity contribution in [1.82, 2.24) is 0 Å². The SMILES string of the molecule is COc1ccccc1[C@]1(C)CCc2oc3ccc(Br)cc3c2-c2oc(C)cc21. The quantitative estimate of drug-likeness (QED) is 0.338. The summed E-state index contributed by atoms with van der Waals surface area (Å²) < 4.78 is 19.3. The van der Waals surface area contributed by atoms with E-state index < -0.39 is 0 Å². The van der Waals surface area contributed by atoms with E-state index in [-0.39, 0.29) is 5.41 Å². The number of fused-ring (bicyclic) bond motifs is 5. The molecule has 0 N–H and O–H groups in total. The lowest BCUT2D eigenvalue weighted by molar-refractivity contribution is 0.390. The van der Waals surface area contributed by atoms with Gasteiger partial charge in [-0.2, -0.15) is 0 Å².